The molecule has 0 aliphatic rings. The highest BCUT2D eigenvalue weighted by atomic mass is 16.5. The van der Waals surface area contributed by atoms with E-state index in [1.165, 1.54) is 0 Å². The normalized spacial score (nSPS) is 12.0. The molecular formula is C20H20N2O4. The van der Waals surface area contributed by atoms with Crippen LogP contribution in [-0.2, 0) is 0 Å². The summed E-state index contributed by atoms with van der Waals surface area (Å²) in [6.45, 7) is 1.46. The summed E-state index contributed by atoms with van der Waals surface area (Å²) in [4.78, 5) is 12.1. The van der Waals surface area contributed by atoms with Crippen LogP contribution in [0, 0.1) is 6.92 Å². The maximum Gasteiger partial charge on any atom is 0.251 e. The number of nitrogens with zero attached hydrogens (tertiary/aromatic N) is 1. The second-order valence-electron chi connectivity index (χ2n) is 5.95. The van der Waals surface area contributed by atoms with Gasteiger partial charge in [0.05, 0.1) is 18.3 Å². The van der Waals surface area contributed by atoms with Crippen LogP contribution in [0.4, 0.5) is 0 Å². The Balaban J connectivity index is 1.84. The average Bonchev–Trinajstić information content (AvgIpc) is 3.08. The SMILES string of the molecule is Cc1onc(-c2ccccc2)c1-c1ccc(C(=O)NC[C@@H](O)CO)cc1. The van der Waals surface area contributed by atoms with Crippen LogP contribution in [-0.4, -0.2) is 40.5 Å². The lowest BCUT2D eigenvalue weighted by molar-refractivity contribution is 0.0802. The van der Waals surface area contributed by atoms with E-state index in [1.807, 2.05) is 49.4 Å². The summed E-state index contributed by atoms with van der Waals surface area (Å²) in [6.07, 6.45) is -0.966. The van der Waals surface area contributed by atoms with Gasteiger partial charge in [0.15, 0.2) is 0 Å². The van der Waals surface area contributed by atoms with Crippen LogP contribution in [0.15, 0.2) is 59.1 Å². The van der Waals surface area contributed by atoms with E-state index in [1.54, 1.807) is 12.1 Å². The summed E-state index contributed by atoms with van der Waals surface area (Å²) in [5, 5.41) is 24.8. The third-order valence-electron chi connectivity index (χ3n) is 4.05. The molecule has 0 radical (unpaired) electrons. The topological polar surface area (TPSA) is 95.6 Å². The summed E-state index contributed by atoms with van der Waals surface area (Å²) in [6, 6.07) is 16.8. The van der Waals surface area contributed by atoms with Gasteiger partial charge >= 0.3 is 0 Å². The van der Waals surface area contributed by atoms with Crippen LogP contribution in [0.3, 0.4) is 0 Å². The minimum absolute atomic E-state index is 0.00000120. The van der Waals surface area contributed by atoms with Crippen LogP contribution in [0.2, 0.25) is 0 Å². The van der Waals surface area contributed by atoms with Crippen molar-refractivity contribution >= 4 is 5.91 Å². The molecule has 2 aromatic carbocycles. The molecule has 3 rings (SSSR count). The molecule has 1 atom stereocenters. The minimum Gasteiger partial charge on any atom is -0.394 e. The molecule has 0 bridgehead atoms. The van der Waals surface area contributed by atoms with Gasteiger partial charge in [-0.2, -0.15) is 0 Å². The van der Waals surface area contributed by atoms with E-state index in [4.69, 9.17) is 9.63 Å². The zero-order valence-corrected chi connectivity index (χ0v) is 14.3. The van der Waals surface area contributed by atoms with Crippen molar-refractivity contribution in [3.05, 3.63) is 65.9 Å². The Kier molecular flexibility index (Phi) is 5.46. The molecule has 1 heterocycles. The molecule has 0 aliphatic carbocycles. The van der Waals surface area contributed by atoms with Crippen LogP contribution < -0.4 is 5.32 Å². The molecule has 26 heavy (non-hydrogen) atoms. The molecule has 1 amide bonds. The Morgan fingerprint density at radius 3 is 2.46 bits per heavy atom. The number of aromatic nitrogens is 1. The van der Waals surface area contributed by atoms with Gasteiger partial charge in [-0.15, -0.1) is 0 Å². The van der Waals surface area contributed by atoms with E-state index in [9.17, 15) is 9.90 Å². The van der Waals surface area contributed by atoms with Crippen molar-refractivity contribution in [3.8, 4) is 22.4 Å². The van der Waals surface area contributed by atoms with E-state index in [0.717, 1.165) is 22.4 Å². The second-order valence-corrected chi connectivity index (χ2v) is 5.95. The molecule has 6 nitrogen and oxygen atoms in total. The Morgan fingerprint density at radius 2 is 1.81 bits per heavy atom. The number of amides is 1. The van der Waals surface area contributed by atoms with Crippen LogP contribution in [0.5, 0.6) is 0 Å². The summed E-state index contributed by atoms with van der Waals surface area (Å²) in [5.74, 6) is 0.390. The van der Waals surface area contributed by atoms with Gasteiger partial charge in [-0.1, -0.05) is 47.6 Å². The van der Waals surface area contributed by atoms with Gasteiger partial charge in [0.1, 0.15) is 11.5 Å². The number of hydrogen-bond acceptors (Lipinski definition) is 5. The largest absolute Gasteiger partial charge is 0.394 e. The van der Waals surface area contributed by atoms with Gasteiger partial charge in [-0.25, -0.2) is 0 Å². The molecule has 3 aromatic rings. The zero-order valence-electron chi connectivity index (χ0n) is 14.3. The number of carbonyl (C=O) groups is 1. The first-order valence-corrected chi connectivity index (χ1v) is 8.29. The molecular weight excluding hydrogens is 332 g/mol. The lowest BCUT2D eigenvalue weighted by Gasteiger charge is -2.09. The minimum atomic E-state index is -0.966. The molecule has 0 saturated carbocycles. The van der Waals surface area contributed by atoms with Gasteiger partial charge in [0, 0.05) is 17.7 Å². The highest BCUT2D eigenvalue weighted by Gasteiger charge is 2.17. The van der Waals surface area contributed by atoms with Crippen molar-refractivity contribution in [3.63, 3.8) is 0 Å². The predicted octanol–water partition coefficient (Wildman–Crippen LogP) is 2.40. The third kappa shape index (κ3) is 3.82. The number of aliphatic hydroxyl groups excluding tert-OH is 2. The Morgan fingerprint density at radius 1 is 1.12 bits per heavy atom. The van der Waals surface area contributed by atoms with Crippen molar-refractivity contribution < 1.29 is 19.5 Å². The maximum atomic E-state index is 12.1. The summed E-state index contributed by atoms with van der Waals surface area (Å²) in [7, 11) is 0. The van der Waals surface area contributed by atoms with Crippen molar-refractivity contribution in [2.75, 3.05) is 13.2 Å². The lowest BCUT2D eigenvalue weighted by Crippen LogP contribution is -2.33. The van der Waals surface area contributed by atoms with Crippen LogP contribution in [0.1, 0.15) is 16.1 Å². The first-order valence-electron chi connectivity index (χ1n) is 8.29. The first kappa shape index (κ1) is 17.8. The average molecular weight is 352 g/mol. The third-order valence-corrected chi connectivity index (χ3v) is 4.05. The van der Waals surface area contributed by atoms with Gasteiger partial charge in [0.25, 0.3) is 5.91 Å². The molecule has 3 N–H and O–H groups in total. The van der Waals surface area contributed by atoms with Crippen molar-refractivity contribution in [2.24, 2.45) is 0 Å². The number of rotatable bonds is 6. The van der Waals surface area contributed by atoms with E-state index in [0.29, 0.717) is 11.3 Å². The van der Waals surface area contributed by atoms with E-state index < -0.39 is 12.7 Å². The molecule has 0 aliphatic heterocycles. The number of aryl methyl sites for hydroxylation is 1. The molecule has 6 heteroatoms. The fourth-order valence-corrected chi connectivity index (χ4v) is 2.67. The highest BCUT2D eigenvalue weighted by molar-refractivity contribution is 5.95. The summed E-state index contributed by atoms with van der Waals surface area (Å²) >= 11 is 0. The standard InChI is InChI=1S/C20H20N2O4/c1-13-18(19(22-26-13)15-5-3-2-4-6-15)14-7-9-16(10-8-14)20(25)21-11-17(24)12-23/h2-10,17,23-24H,11-12H2,1H3,(H,21,25)/t17-/m1/s1. The number of nitrogens with one attached hydrogen (secondary N) is 1. The summed E-state index contributed by atoms with van der Waals surface area (Å²) < 4.78 is 5.38. The highest BCUT2D eigenvalue weighted by Crippen LogP contribution is 2.34. The molecule has 134 valence electrons. The molecule has 0 spiro atoms. The first-order chi connectivity index (χ1) is 12.6. The van der Waals surface area contributed by atoms with Gasteiger partial charge in [-0.05, 0) is 24.6 Å². The van der Waals surface area contributed by atoms with Crippen molar-refractivity contribution in [1.29, 1.82) is 0 Å². The van der Waals surface area contributed by atoms with Gasteiger partial charge < -0.3 is 20.1 Å². The van der Waals surface area contributed by atoms with Crippen LogP contribution >= 0.6 is 0 Å². The maximum absolute atomic E-state index is 12.1. The van der Waals surface area contributed by atoms with Crippen molar-refractivity contribution in [2.45, 2.75) is 13.0 Å². The zero-order chi connectivity index (χ0) is 18.5. The van der Waals surface area contributed by atoms with Crippen molar-refractivity contribution in [1.82, 2.24) is 10.5 Å². The number of benzene rings is 2. The fourth-order valence-electron chi connectivity index (χ4n) is 2.67. The smallest absolute Gasteiger partial charge is 0.251 e. The summed E-state index contributed by atoms with van der Waals surface area (Å²) in [5.41, 5.74) is 3.97. The van der Waals surface area contributed by atoms with Gasteiger partial charge in [-0.3, -0.25) is 4.79 Å². The fraction of sp³-hybridized carbons (Fsp3) is 0.200. The second kappa shape index (κ2) is 7.95. The van der Waals surface area contributed by atoms with Crippen LogP contribution in [0.25, 0.3) is 22.4 Å². The Hall–Kier alpha value is -2.96. The van der Waals surface area contributed by atoms with E-state index in [2.05, 4.69) is 10.5 Å². The Labute approximate surface area is 151 Å². The van der Waals surface area contributed by atoms with E-state index in [-0.39, 0.29) is 12.5 Å². The molecule has 0 saturated heterocycles. The quantitative estimate of drug-likeness (QED) is 0.633. The number of carbonyl (C=O) groups excluding carboxylic acids is 1. The Bertz CT molecular complexity index is 873. The monoisotopic (exact) mass is 352 g/mol. The molecule has 0 unspecified atom stereocenters. The van der Waals surface area contributed by atoms with Gasteiger partial charge in [0.2, 0.25) is 0 Å². The number of aliphatic hydroxyl groups is 2. The predicted molar refractivity (Wildman–Crippen MR) is 97.5 cm³/mol. The van der Waals surface area contributed by atoms with E-state index >= 15 is 0 Å². The molecule has 1 aromatic heterocycles. The molecule has 0 fully saturated rings. The number of hydrogen-bond donors (Lipinski definition) is 3. The lowest BCUT2D eigenvalue weighted by atomic mass is 9.98.